The lowest BCUT2D eigenvalue weighted by molar-refractivity contribution is -0.0790. The monoisotopic (exact) mass is 418 g/mol. The van der Waals surface area contributed by atoms with Crippen LogP contribution in [0.2, 0.25) is 0 Å². The van der Waals surface area contributed by atoms with E-state index >= 15 is 0 Å². The average Bonchev–Trinajstić information content (AvgIpc) is 2.90. The van der Waals surface area contributed by atoms with Gasteiger partial charge in [-0.3, -0.25) is 19.3 Å². The van der Waals surface area contributed by atoms with Crippen LogP contribution in [0.3, 0.4) is 0 Å². The van der Waals surface area contributed by atoms with Crippen LogP contribution in [0.1, 0.15) is 42.2 Å². The van der Waals surface area contributed by atoms with E-state index in [1.54, 1.807) is 6.92 Å². The zero-order chi connectivity index (χ0) is 22.1. The summed E-state index contributed by atoms with van der Waals surface area (Å²) in [5.74, 6) is -1.58. The molecule has 0 saturated carbocycles. The predicted octanol–water partition coefficient (Wildman–Crippen LogP) is 3.41. The number of aliphatic hydroxyl groups excluding tert-OH is 1. The highest BCUT2D eigenvalue weighted by atomic mass is 19.4. The molecule has 0 unspecified atom stereocenters. The number of carbonyl (C=O) groups is 3. The van der Waals surface area contributed by atoms with Crippen LogP contribution >= 0.6 is 0 Å². The van der Waals surface area contributed by atoms with Crippen molar-refractivity contribution < 1.29 is 32.7 Å². The highest BCUT2D eigenvalue weighted by molar-refractivity contribution is 6.22. The number of β-amino-alcohol motifs (C(OH)–C–C–N with tert-alkyl or cyclic N) is 1. The smallest absolute Gasteiger partial charge is 0.395 e. The highest BCUT2D eigenvalue weighted by Crippen LogP contribution is 2.26. The second-order valence-corrected chi connectivity index (χ2v) is 6.65. The number of alkyl halides is 3. The largest absolute Gasteiger partial charge is 0.409 e. The molecular formula is C21H17F3N2O4. The Balaban J connectivity index is 1.79. The highest BCUT2D eigenvalue weighted by Gasteiger charge is 2.35. The topological polar surface area (TPSA) is 86.7 Å². The number of amides is 3. The number of nitrogens with zero attached hydrogens (tertiary/aromatic N) is 1. The SMILES string of the molecule is Cc1cc(/C=C/C(F)(F)F)ccc1C(=O)Nc1ccc2c(c1)C(=O)N(CCO)C2=O. The molecular weight excluding hydrogens is 401 g/mol. The fourth-order valence-electron chi connectivity index (χ4n) is 3.11. The maximum Gasteiger partial charge on any atom is 0.409 e. The molecule has 0 radical (unpaired) electrons. The molecule has 0 fully saturated rings. The van der Waals surface area contributed by atoms with Crippen LogP contribution in [0, 0.1) is 6.92 Å². The van der Waals surface area contributed by atoms with Crippen molar-refractivity contribution in [2.45, 2.75) is 13.1 Å². The van der Waals surface area contributed by atoms with Crippen LogP contribution in [0.4, 0.5) is 18.9 Å². The van der Waals surface area contributed by atoms with Crippen molar-refractivity contribution in [3.8, 4) is 0 Å². The van der Waals surface area contributed by atoms with Gasteiger partial charge in [-0.05, 0) is 42.3 Å². The van der Waals surface area contributed by atoms with Crippen molar-refractivity contribution in [1.29, 1.82) is 0 Å². The quantitative estimate of drug-likeness (QED) is 0.729. The summed E-state index contributed by atoms with van der Waals surface area (Å²) < 4.78 is 36.9. The number of hydrogen-bond donors (Lipinski definition) is 2. The second-order valence-electron chi connectivity index (χ2n) is 6.65. The van der Waals surface area contributed by atoms with Crippen molar-refractivity contribution in [2.24, 2.45) is 0 Å². The van der Waals surface area contributed by atoms with Crippen LogP contribution in [-0.4, -0.2) is 47.1 Å². The van der Waals surface area contributed by atoms with Gasteiger partial charge in [0.05, 0.1) is 24.3 Å². The first-order valence-electron chi connectivity index (χ1n) is 8.90. The van der Waals surface area contributed by atoms with Crippen LogP contribution in [0.15, 0.2) is 42.5 Å². The van der Waals surface area contributed by atoms with Crippen molar-refractivity contribution in [3.05, 3.63) is 70.3 Å². The van der Waals surface area contributed by atoms with Gasteiger partial charge >= 0.3 is 6.18 Å². The van der Waals surface area contributed by atoms with E-state index in [4.69, 9.17) is 5.11 Å². The Morgan fingerprint density at radius 2 is 1.80 bits per heavy atom. The summed E-state index contributed by atoms with van der Waals surface area (Å²) in [6.07, 6.45) is -3.40. The van der Waals surface area contributed by atoms with Gasteiger partial charge in [0.25, 0.3) is 17.7 Å². The molecule has 1 heterocycles. The summed E-state index contributed by atoms with van der Waals surface area (Å²) >= 11 is 0. The van der Waals surface area contributed by atoms with Gasteiger partial charge in [-0.15, -0.1) is 0 Å². The minimum atomic E-state index is -4.43. The van der Waals surface area contributed by atoms with E-state index in [0.29, 0.717) is 11.1 Å². The fourth-order valence-corrected chi connectivity index (χ4v) is 3.11. The first-order valence-corrected chi connectivity index (χ1v) is 8.90. The molecule has 0 aliphatic carbocycles. The van der Waals surface area contributed by atoms with Crippen molar-refractivity contribution in [1.82, 2.24) is 4.90 Å². The zero-order valence-corrected chi connectivity index (χ0v) is 15.8. The Bertz CT molecular complexity index is 1060. The number of hydrogen-bond acceptors (Lipinski definition) is 4. The molecule has 2 aromatic carbocycles. The van der Waals surface area contributed by atoms with Gasteiger partial charge in [-0.25, -0.2) is 0 Å². The van der Waals surface area contributed by atoms with Gasteiger partial charge < -0.3 is 10.4 Å². The number of rotatable bonds is 5. The van der Waals surface area contributed by atoms with Gasteiger partial charge in [0.1, 0.15) is 0 Å². The average molecular weight is 418 g/mol. The van der Waals surface area contributed by atoms with Crippen LogP contribution in [-0.2, 0) is 0 Å². The van der Waals surface area contributed by atoms with E-state index in [2.05, 4.69) is 5.32 Å². The first kappa shape index (κ1) is 21.3. The van der Waals surface area contributed by atoms with E-state index < -0.39 is 23.9 Å². The minimum absolute atomic E-state index is 0.116. The molecule has 2 N–H and O–H groups in total. The number of fused-ring (bicyclic) bond motifs is 1. The maximum absolute atomic E-state index is 12.6. The number of nitrogens with one attached hydrogen (secondary N) is 1. The van der Waals surface area contributed by atoms with Crippen LogP contribution in [0.5, 0.6) is 0 Å². The summed E-state index contributed by atoms with van der Waals surface area (Å²) in [4.78, 5) is 38.0. The van der Waals surface area contributed by atoms with Crippen molar-refractivity contribution in [3.63, 3.8) is 0 Å². The first-order chi connectivity index (χ1) is 14.1. The molecule has 1 aliphatic rings. The van der Waals surface area contributed by atoms with Gasteiger partial charge in [-0.2, -0.15) is 13.2 Å². The Labute approximate surface area is 169 Å². The van der Waals surface area contributed by atoms with Crippen molar-refractivity contribution >= 4 is 29.5 Å². The number of carbonyl (C=O) groups excluding carboxylic acids is 3. The van der Waals surface area contributed by atoms with Gasteiger partial charge in [-0.1, -0.05) is 18.2 Å². The molecule has 0 saturated heterocycles. The molecule has 0 spiro atoms. The van der Waals surface area contributed by atoms with Crippen LogP contribution < -0.4 is 5.32 Å². The lowest BCUT2D eigenvalue weighted by atomic mass is 10.0. The predicted molar refractivity (Wildman–Crippen MR) is 103 cm³/mol. The minimum Gasteiger partial charge on any atom is -0.395 e. The van der Waals surface area contributed by atoms with E-state index in [0.717, 1.165) is 11.0 Å². The number of halogens is 3. The number of anilines is 1. The third-order valence-corrected chi connectivity index (χ3v) is 4.51. The second kappa shape index (κ2) is 8.11. The molecule has 0 atom stereocenters. The molecule has 156 valence electrons. The lowest BCUT2D eigenvalue weighted by Gasteiger charge is -2.10. The Morgan fingerprint density at radius 1 is 1.10 bits per heavy atom. The van der Waals surface area contributed by atoms with Gasteiger partial charge in [0.2, 0.25) is 0 Å². The lowest BCUT2D eigenvalue weighted by Crippen LogP contribution is -2.32. The van der Waals surface area contributed by atoms with Gasteiger partial charge in [0, 0.05) is 17.3 Å². The standard InChI is InChI=1S/C21H17F3N2O4/c1-12-10-13(6-7-21(22,23)24)2-4-15(12)18(28)25-14-3-5-16-17(11-14)20(30)26(8-9-27)19(16)29/h2-7,10-11,27H,8-9H2,1H3,(H,25,28)/b7-6+. The summed E-state index contributed by atoms with van der Waals surface area (Å²) in [5, 5.41) is 11.6. The number of allylic oxidation sites excluding steroid dienone is 1. The summed E-state index contributed by atoms with van der Waals surface area (Å²) in [6.45, 7) is 1.11. The number of aryl methyl sites for hydroxylation is 1. The molecule has 30 heavy (non-hydrogen) atoms. The Kier molecular flexibility index (Phi) is 5.75. The molecule has 0 aromatic heterocycles. The van der Waals surface area contributed by atoms with E-state index in [1.807, 2.05) is 0 Å². The number of aliphatic hydroxyl groups is 1. The normalized spacial score (nSPS) is 13.8. The molecule has 2 aromatic rings. The Morgan fingerprint density at radius 3 is 2.43 bits per heavy atom. The zero-order valence-electron chi connectivity index (χ0n) is 15.8. The van der Waals surface area contributed by atoms with E-state index in [1.165, 1.54) is 36.4 Å². The van der Waals surface area contributed by atoms with Crippen molar-refractivity contribution in [2.75, 3.05) is 18.5 Å². The van der Waals surface area contributed by atoms with E-state index in [9.17, 15) is 27.6 Å². The van der Waals surface area contributed by atoms with Gasteiger partial charge in [0.15, 0.2) is 0 Å². The molecule has 0 bridgehead atoms. The maximum atomic E-state index is 12.6. The molecule has 3 rings (SSSR count). The fraction of sp³-hybridized carbons (Fsp3) is 0.190. The molecule has 3 amide bonds. The van der Waals surface area contributed by atoms with E-state index in [-0.39, 0.29) is 41.6 Å². The molecule has 1 aliphatic heterocycles. The summed E-state index contributed by atoms with van der Waals surface area (Å²) in [7, 11) is 0. The third kappa shape index (κ3) is 4.41. The molecule has 9 heteroatoms. The third-order valence-electron chi connectivity index (χ3n) is 4.51. The summed E-state index contributed by atoms with van der Waals surface area (Å²) in [5.41, 5.74) is 1.61. The Hall–Kier alpha value is -3.46. The summed E-state index contributed by atoms with van der Waals surface area (Å²) in [6, 6.07) is 8.52. The molecule has 6 nitrogen and oxygen atoms in total. The number of benzene rings is 2. The van der Waals surface area contributed by atoms with Crippen LogP contribution in [0.25, 0.3) is 6.08 Å². The number of imide groups is 1.